The van der Waals surface area contributed by atoms with Gasteiger partial charge >= 0.3 is 6.09 Å². The van der Waals surface area contributed by atoms with Gasteiger partial charge in [-0.25, -0.2) is 4.79 Å². The summed E-state index contributed by atoms with van der Waals surface area (Å²) in [4.78, 5) is 38.6. The summed E-state index contributed by atoms with van der Waals surface area (Å²) >= 11 is 0. The Bertz CT molecular complexity index is 923. The van der Waals surface area contributed by atoms with Crippen LogP contribution in [-0.4, -0.2) is 57.7 Å². The minimum Gasteiger partial charge on any atom is -0.467 e. The van der Waals surface area contributed by atoms with Gasteiger partial charge in [0.1, 0.15) is 23.1 Å². The predicted molar refractivity (Wildman–Crippen MR) is 116 cm³/mol. The summed E-state index contributed by atoms with van der Waals surface area (Å²) in [5.74, 6) is 0.421. The van der Waals surface area contributed by atoms with Crippen molar-refractivity contribution in [2.75, 3.05) is 13.1 Å². The highest BCUT2D eigenvalue weighted by Gasteiger charge is 2.29. The molecule has 3 rings (SSSR count). The van der Waals surface area contributed by atoms with Crippen LogP contribution in [0.5, 0.6) is 0 Å². The average molecular weight is 446 g/mol. The fourth-order valence-electron chi connectivity index (χ4n) is 3.56. The highest BCUT2D eigenvalue weighted by molar-refractivity contribution is 5.92. The fourth-order valence-corrected chi connectivity index (χ4v) is 3.56. The molecule has 1 unspecified atom stereocenters. The summed E-state index contributed by atoms with van der Waals surface area (Å²) in [6.45, 7) is 8.38. The molecule has 1 fully saturated rings. The summed E-state index contributed by atoms with van der Waals surface area (Å²) in [6.07, 6.45) is 2.42. The van der Waals surface area contributed by atoms with Crippen molar-refractivity contribution in [3.8, 4) is 0 Å². The van der Waals surface area contributed by atoms with Crippen LogP contribution in [0, 0.1) is 0 Å². The monoisotopic (exact) mass is 445 g/mol. The molecule has 1 aliphatic rings. The molecule has 174 valence electrons. The number of H-pyrrole nitrogens is 1. The molecule has 1 atom stereocenters. The Hall–Kier alpha value is -3.30. The molecule has 0 saturated carbocycles. The number of nitrogens with one attached hydrogen (secondary N) is 3. The molecule has 0 aromatic carbocycles. The van der Waals surface area contributed by atoms with Crippen LogP contribution in [0.2, 0.25) is 0 Å². The maximum atomic E-state index is 12.7. The van der Waals surface area contributed by atoms with Gasteiger partial charge in [-0.05, 0) is 58.7 Å². The number of aromatic nitrogens is 2. The third-order valence-electron chi connectivity index (χ3n) is 5.18. The average Bonchev–Trinajstić information content (AvgIpc) is 3.42. The Morgan fingerprint density at radius 1 is 1.31 bits per heavy atom. The van der Waals surface area contributed by atoms with Crippen molar-refractivity contribution in [1.29, 1.82) is 0 Å². The van der Waals surface area contributed by atoms with Gasteiger partial charge in [-0.2, -0.15) is 5.10 Å². The fraction of sp³-hybridized carbons (Fsp3) is 0.545. The number of nitrogens with zero attached hydrogens (tertiary/aromatic N) is 2. The van der Waals surface area contributed by atoms with E-state index in [4.69, 9.17) is 9.15 Å². The van der Waals surface area contributed by atoms with Gasteiger partial charge in [0.15, 0.2) is 0 Å². The van der Waals surface area contributed by atoms with E-state index in [2.05, 4.69) is 20.8 Å². The smallest absolute Gasteiger partial charge is 0.408 e. The maximum absolute atomic E-state index is 12.7. The van der Waals surface area contributed by atoms with Crippen LogP contribution in [0.3, 0.4) is 0 Å². The van der Waals surface area contributed by atoms with Gasteiger partial charge in [-0.3, -0.25) is 14.7 Å². The molecular weight excluding hydrogens is 414 g/mol. The molecule has 3 amide bonds. The zero-order valence-corrected chi connectivity index (χ0v) is 18.9. The Labute approximate surface area is 187 Å². The second-order valence-corrected chi connectivity index (χ2v) is 8.94. The first-order valence-corrected chi connectivity index (χ1v) is 10.8. The molecule has 2 aromatic heterocycles. The van der Waals surface area contributed by atoms with Gasteiger partial charge in [-0.1, -0.05) is 0 Å². The highest BCUT2D eigenvalue weighted by atomic mass is 16.6. The zero-order chi connectivity index (χ0) is 23.3. The van der Waals surface area contributed by atoms with Gasteiger partial charge in [0.05, 0.1) is 12.8 Å². The van der Waals surface area contributed by atoms with E-state index in [1.54, 1.807) is 57.1 Å². The Morgan fingerprint density at radius 3 is 2.66 bits per heavy atom. The van der Waals surface area contributed by atoms with Crippen LogP contribution in [0.4, 0.5) is 4.79 Å². The van der Waals surface area contributed by atoms with Gasteiger partial charge in [0.25, 0.3) is 5.91 Å². The second-order valence-electron chi connectivity index (χ2n) is 8.94. The summed E-state index contributed by atoms with van der Waals surface area (Å²) in [7, 11) is 0. The third-order valence-corrected chi connectivity index (χ3v) is 5.18. The zero-order valence-electron chi connectivity index (χ0n) is 18.9. The first-order chi connectivity index (χ1) is 15.1. The molecule has 3 heterocycles. The van der Waals surface area contributed by atoms with E-state index in [0.29, 0.717) is 31.1 Å². The number of rotatable bonds is 6. The normalized spacial score (nSPS) is 15.8. The number of furan rings is 1. The molecule has 3 N–H and O–H groups in total. The number of piperidine rings is 1. The summed E-state index contributed by atoms with van der Waals surface area (Å²) in [6, 6.07) is 4.64. The number of alkyl carbamates (subject to hydrolysis) is 1. The molecule has 0 bridgehead atoms. The summed E-state index contributed by atoms with van der Waals surface area (Å²) in [5, 5.41) is 12.4. The number of aromatic amines is 1. The number of likely N-dealkylation sites (tertiary alicyclic amines) is 1. The van der Waals surface area contributed by atoms with E-state index in [0.717, 1.165) is 18.5 Å². The number of carbonyl (C=O) groups excluding carboxylic acids is 3. The van der Waals surface area contributed by atoms with Crippen LogP contribution < -0.4 is 10.6 Å². The minimum absolute atomic E-state index is 0.142. The van der Waals surface area contributed by atoms with E-state index < -0.39 is 17.7 Å². The van der Waals surface area contributed by atoms with Gasteiger partial charge in [0.2, 0.25) is 5.91 Å². The molecule has 0 radical (unpaired) electrons. The Balaban J connectivity index is 1.46. The van der Waals surface area contributed by atoms with Gasteiger partial charge in [0, 0.05) is 24.7 Å². The van der Waals surface area contributed by atoms with Crippen LogP contribution in [0.25, 0.3) is 0 Å². The molecule has 32 heavy (non-hydrogen) atoms. The predicted octanol–water partition coefficient (Wildman–Crippen LogP) is 2.55. The standard InChI is InChI=1S/C22H31N5O5/c1-14(24-21(30)32-22(2,3)4)20(29)27-9-7-15(8-10-27)17-12-18(26-25-17)19(28)23-13-16-6-5-11-31-16/h5-6,11-12,14-15H,7-10,13H2,1-4H3,(H,23,28)(H,24,30)(H,25,26). The van der Waals surface area contributed by atoms with E-state index in [1.165, 1.54) is 0 Å². The lowest BCUT2D eigenvalue weighted by atomic mass is 9.93. The lowest BCUT2D eigenvalue weighted by molar-refractivity contribution is -0.134. The third kappa shape index (κ3) is 6.35. The number of carbonyl (C=O) groups is 3. The van der Waals surface area contributed by atoms with Crippen molar-refractivity contribution in [2.24, 2.45) is 0 Å². The quantitative estimate of drug-likeness (QED) is 0.627. The maximum Gasteiger partial charge on any atom is 0.408 e. The topological polar surface area (TPSA) is 130 Å². The molecule has 1 aliphatic heterocycles. The number of ether oxygens (including phenoxy) is 1. The van der Waals surface area contributed by atoms with Gasteiger partial charge in [-0.15, -0.1) is 0 Å². The van der Waals surface area contributed by atoms with E-state index in [9.17, 15) is 14.4 Å². The largest absolute Gasteiger partial charge is 0.467 e. The minimum atomic E-state index is -0.669. The van der Waals surface area contributed by atoms with Crippen molar-refractivity contribution in [2.45, 2.75) is 64.6 Å². The lowest BCUT2D eigenvalue weighted by Crippen LogP contribution is -2.50. The van der Waals surface area contributed by atoms with E-state index in [-0.39, 0.29) is 17.7 Å². The first kappa shape index (κ1) is 23.4. The second kappa shape index (κ2) is 9.88. The van der Waals surface area contributed by atoms with Crippen LogP contribution >= 0.6 is 0 Å². The summed E-state index contributed by atoms with van der Waals surface area (Å²) < 4.78 is 10.4. The first-order valence-electron chi connectivity index (χ1n) is 10.8. The van der Waals surface area contributed by atoms with E-state index >= 15 is 0 Å². The lowest BCUT2D eigenvalue weighted by Gasteiger charge is -2.33. The molecule has 1 saturated heterocycles. The SMILES string of the molecule is CC(NC(=O)OC(C)(C)C)C(=O)N1CCC(c2cc(C(=O)NCc3ccco3)n[nH]2)CC1. The number of hydrogen-bond acceptors (Lipinski definition) is 6. The molecule has 2 aromatic rings. The van der Waals surface area contributed by atoms with Crippen molar-refractivity contribution < 1.29 is 23.5 Å². The molecule has 0 aliphatic carbocycles. The van der Waals surface area contributed by atoms with Crippen LogP contribution in [0.1, 0.15) is 68.4 Å². The van der Waals surface area contributed by atoms with E-state index in [1.807, 2.05) is 0 Å². The van der Waals surface area contributed by atoms with Crippen molar-refractivity contribution >= 4 is 17.9 Å². The summed E-state index contributed by atoms with van der Waals surface area (Å²) in [5.41, 5.74) is 0.574. The molecular formula is C22H31N5O5. The van der Waals surface area contributed by atoms with Crippen molar-refractivity contribution in [1.82, 2.24) is 25.7 Å². The Kier molecular flexibility index (Phi) is 7.22. The van der Waals surface area contributed by atoms with Crippen LogP contribution in [-0.2, 0) is 16.1 Å². The highest BCUT2D eigenvalue weighted by Crippen LogP contribution is 2.27. The van der Waals surface area contributed by atoms with Crippen LogP contribution in [0.15, 0.2) is 28.9 Å². The van der Waals surface area contributed by atoms with Crippen molar-refractivity contribution in [3.05, 3.63) is 41.6 Å². The van der Waals surface area contributed by atoms with Crippen molar-refractivity contribution in [3.63, 3.8) is 0 Å². The van der Waals surface area contributed by atoms with Gasteiger partial charge < -0.3 is 24.7 Å². The Morgan fingerprint density at radius 2 is 2.03 bits per heavy atom. The number of hydrogen-bond donors (Lipinski definition) is 3. The molecule has 10 heteroatoms. The number of amides is 3. The molecule has 0 spiro atoms. The molecule has 10 nitrogen and oxygen atoms in total.